The minimum atomic E-state index is -0.405. The normalized spacial score (nSPS) is 24.6. The van der Waals surface area contributed by atoms with Crippen LogP contribution >= 0.6 is 0 Å². The van der Waals surface area contributed by atoms with Crippen LogP contribution in [0.25, 0.3) is 0 Å². The maximum Gasteiger partial charge on any atom is 0.246 e. The third-order valence-electron chi connectivity index (χ3n) is 3.19. The van der Waals surface area contributed by atoms with Crippen molar-refractivity contribution in [1.29, 1.82) is 0 Å². The standard InChI is InChI=1S/C13H24N2O3/c1-5-7-18-8-6-15-10(4)12(16)14-11(9(2)3)13(15)17/h9-11H,5-8H2,1-4H3,(H,14,16). The number of nitrogens with one attached hydrogen (secondary N) is 1. The van der Waals surface area contributed by atoms with Gasteiger partial charge in [-0.2, -0.15) is 0 Å². The molecule has 0 saturated carbocycles. The first kappa shape index (κ1) is 15.0. The average molecular weight is 256 g/mol. The van der Waals surface area contributed by atoms with E-state index < -0.39 is 12.1 Å². The third kappa shape index (κ3) is 3.45. The summed E-state index contributed by atoms with van der Waals surface area (Å²) in [5.41, 5.74) is 0. The minimum absolute atomic E-state index is 0.00259. The van der Waals surface area contributed by atoms with Crippen LogP contribution in [0.2, 0.25) is 0 Å². The highest BCUT2D eigenvalue weighted by atomic mass is 16.5. The van der Waals surface area contributed by atoms with Crippen LogP contribution in [-0.2, 0) is 14.3 Å². The van der Waals surface area contributed by atoms with E-state index >= 15 is 0 Å². The Balaban J connectivity index is 2.61. The van der Waals surface area contributed by atoms with Crippen molar-refractivity contribution in [3.63, 3.8) is 0 Å². The Kier molecular flexibility index (Phi) is 5.59. The molecule has 1 aliphatic heterocycles. The van der Waals surface area contributed by atoms with E-state index in [0.717, 1.165) is 6.42 Å². The molecule has 2 atom stereocenters. The van der Waals surface area contributed by atoms with Crippen molar-refractivity contribution in [2.24, 2.45) is 5.92 Å². The summed E-state index contributed by atoms with van der Waals surface area (Å²) in [7, 11) is 0. The Morgan fingerprint density at radius 1 is 1.33 bits per heavy atom. The van der Waals surface area contributed by atoms with Crippen LogP contribution in [0.4, 0.5) is 0 Å². The molecule has 1 fully saturated rings. The van der Waals surface area contributed by atoms with Crippen LogP contribution in [0.5, 0.6) is 0 Å². The van der Waals surface area contributed by atoms with Crippen molar-refractivity contribution in [2.45, 2.75) is 46.2 Å². The van der Waals surface area contributed by atoms with Gasteiger partial charge in [-0.3, -0.25) is 9.59 Å². The Bertz CT molecular complexity index is 305. The first-order valence-electron chi connectivity index (χ1n) is 6.67. The molecule has 2 amide bonds. The number of hydrogen-bond acceptors (Lipinski definition) is 3. The zero-order valence-electron chi connectivity index (χ0n) is 11.7. The molecule has 104 valence electrons. The summed E-state index contributed by atoms with van der Waals surface area (Å²) in [4.78, 5) is 25.7. The van der Waals surface area contributed by atoms with Gasteiger partial charge in [0.15, 0.2) is 0 Å². The fourth-order valence-electron chi connectivity index (χ4n) is 2.01. The summed E-state index contributed by atoms with van der Waals surface area (Å²) in [6, 6.07) is -0.808. The lowest BCUT2D eigenvalue weighted by molar-refractivity contribution is -0.150. The number of hydrogen-bond donors (Lipinski definition) is 1. The van der Waals surface area contributed by atoms with Crippen LogP contribution in [-0.4, -0.2) is 48.6 Å². The lowest BCUT2D eigenvalue weighted by atomic mass is 9.98. The number of piperazine rings is 1. The summed E-state index contributed by atoms with van der Waals surface area (Å²) in [5.74, 6) is 0.0222. The lowest BCUT2D eigenvalue weighted by Gasteiger charge is -2.38. The van der Waals surface area contributed by atoms with Crippen molar-refractivity contribution in [2.75, 3.05) is 19.8 Å². The molecule has 0 bridgehead atoms. The second-order valence-corrected chi connectivity index (χ2v) is 5.05. The topological polar surface area (TPSA) is 58.6 Å². The maximum absolute atomic E-state index is 12.2. The Morgan fingerprint density at radius 2 is 2.00 bits per heavy atom. The smallest absolute Gasteiger partial charge is 0.246 e. The van der Waals surface area contributed by atoms with Gasteiger partial charge in [0.2, 0.25) is 11.8 Å². The van der Waals surface area contributed by atoms with Gasteiger partial charge in [-0.1, -0.05) is 20.8 Å². The minimum Gasteiger partial charge on any atom is -0.380 e. The fourth-order valence-corrected chi connectivity index (χ4v) is 2.01. The van der Waals surface area contributed by atoms with E-state index in [0.29, 0.717) is 19.8 Å². The third-order valence-corrected chi connectivity index (χ3v) is 3.19. The Labute approximate surface area is 109 Å². The van der Waals surface area contributed by atoms with Crippen LogP contribution < -0.4 is 5.32 Å². The summed E-state index contributed by atoms with van der Waals surface area (Å²) < 4.78 is 5.39. The van der Waals surface area contributed by atoms with Gasteiger partial charge >= 0.3 is 0 Å². The zero-order valence-corrected chi connectivity index (χ0v) is 11.7. The monoisotopic (exact) mass is 256 g/mol. The highest BCUT2D eigenvalue weighted by Gasteiger charge is 2.38. The van der Waals surface area contributed by atoms with Crippen molar-refractivity contribution in [1.82, 2.24) is 10.2 Å². The molecule has 0 spiro atoms. The largest absolute Gasteiger partial charge is 0.380 e. The molecule has 5 heteroatoms. The van der Waals surface area contributed by atoms with Gasteiger partial charge in [0, 0.05) is 13.2 Å². The molecule has 18 heavy (non-hydrogen) atoms. The summed E-state index contributed by atoms with van der Waals surface area (Å²) in [6.07, 6.45) is 0.957. The van der Waals surface area contributed by atoms with Crippen LogP contribution in [0, 0.1) is 5.92 Å². The summed E-state index contributed by atoms with van der Waals surface area (Å²) in [6.45, 7) is 9.32. The highest BCUT2D eigenvalue weighted by Crippen LogP contribution is 2.14. The molecule has 0 aliphatic carbocycles. The van der Waals surface area contributed by atoms with Crippen LogP contribution in [0.1, 0.15) is 34.1 Å². The van der Waals surface area contributed by atoms with E-state index in [-0.39, 0.29) is 17.7 Å². The van der Waals surface area contributed by atoms with E-state index in [4.69, 9.17) is 4.74 Å². The van der Waals surface area contributed by atoms with Crippen LogP contribution in [0.15, 0.2) is 0 Å². The van der Waals surface area contributed by atoms with Crippen molar-refractivity contribution in [3.05, 3.63) is 0 Å². The molecule has 0 aromatic carbocycles. The van der Waals surface area contributed by atoms with Crippen molar-refractivity contribution < 1.29 is 14.3 Å². The molecule has 0 aromatic heterocycles. The number of carbonyl (C=O) groups excluding carboxylic acids is 2. The lowest BCUT2D eigenvalue weighted by Crippen LogP contribution is -2.64. The van der Waals surface area contributed by atoms with E-state index in [9.17, 15) is 9.59 Å². The van der Waals surface area contributed by atoms with Gasteiger partial charge < -0.3 is 15.0 Å². The molecular weight excluding hydrogens is 232 g/mol. The van der Waals surface area contributed by atoms with Gasteiger partial charge in [0.25, 0.3) is 0 Å². The number of amides is 2. The van der Waals surface area contributed by atoms with E-state index in [1.807, 2.05) is 20.8 Å². The molecule has 1 heterocycles. The Hall–Kier alpha value is -1.10. The quantitative estimate of drug-likeness (QED) is 0.715. The van der Waals surface area contributed by atoms with Gasteiger partial charge in [-0.25, -0.2) is 0 Å². The first-order valence-corrected chi connectivity index (χ1v) is 6.67. The zero-order chi connectivity index (χ0) is 13.7. The second-order valence-electron chi connectivity index (χ2n) is 5.05. The van der Waals surface area contributed by atoms with Gasteiger partial charge in [-0.15, -0.1) is 0 Å². The molecule has 1 N–H and O–H groups in total. The van der Waals surface area contributed by atoms with Crippen molar-refractivity contribution >= 4 is 11.8 Å². The predicted octanol–water partition coefficient (Wildman–Crippen LogP) is 0.785. The average Bonchev–Trinajstić information content (AvgIpc) is 2.32. The Morgan fingerprint density at radius 3 is 2.56 bits per heavy atom. The number of ether oxygens (including phenoxy) is 1. The SMILES string of the molecule is CCCOCCN1C(=O)C(C(C)C)NC(=O)C1C. The molecule has 5 nitrogen and oxygen atoms in total. The number of rotatable bonds is 6. The molecule has 1 rings (SSSR count). The fraction of sp³-hybridized carbons (Fsp3) is 0.846. The molecule has 2 unspecified atom stereocenters. The summed E-state index contributed by atoms with van der Waals surface area (Å²) >= 11 is 0. The molecular formula is C13H24N2O3. The van der Waals surface area contributed by atoms with Gasteiger partial charge in [-0.05, 0) is 19.3 Å². The summed E-state index contributed by atoms with van der Waals surface area (Å²) in [5, 5.41) is 2.78. The van der Waals surface area contributed by atoms with Crippen molar-refractivity contribution in [3.8, 4) is 0 Å². The van der Waals surface area contributed by atoms with Gasteiger partial charge in [0.05, 0.1) is 6.61 Å². The maximum atomic E-state index is 12.2. The molecule has 0 aromatic rings. The highest BCUT2D eigenvalue weighted by molar-refractivity contribution is 5.96. The number of nitrogens with zero attached hydrogens (tertiary/aromatic N) is 1. The molecule has 1 aliphatic rings. The van der Waals surface area contributed by atoms with Crippen LogP contribution in [0.3, 0.4) is 0 Å². The van der Waals surface area contributed by atoms with E-state index in [1.54, 1.807) is 11.8 Å². The number of carbonyl (C=O) groups is 2. The van der Waals surface area contributed by atoms with Gasteiger partial charge in [0.1, 0.15) is 12.1 Å². The first-order chi connectivity index (χ1) is 8.49. The van der Waals surface area contributed by atoms with E-state index in [2.05, 4.69) is 5.32 Å². The molecule has 0 radical (unpaired) electrons. The molecule has 1 saturated heterocycles. The predicted molar refractivity (Wildman–Crippen MR) is 69.1 cm³/mol. The second kappa shape index (κ2) is 6.73. The van der Waals surface area contributed by atoms with E-state index in [1.165, 1.54) is 0 Å².